The Hall–Kier alpha value is -2.72. The van der Waals surface area contributed by atoms with Crippen LogP contribution in [0, 0.1) is 0 Å². The molecule has 0 fully saturated rings. The number of benzene rings is 1. The molecule has 0 radical (unpaired) electrons. The standard InChI is InChI=1S/C18H18N4O4S2/c1-3-26-11(23)9-28-18-21-15-13(12(14(19)24)16(20-15)27-2)17(25)22(18)10-7-5-4-6-8-10/h4-8,20H,3,9H2,1-2H3,(H2,19,24). The number of rotatable bonds is 7. The second-order valence-electron chi connectivity index (χ2n) is 5.59. The second kappa shape index (κ2) is 8.53. The molecule has 146 valence electrons. The average Bonchev–Trinajstić information content (AvgIpc) is 3.06. The van der Waals surface area contributed by atoms with Gasteiger partial charge in [0.25, 0.3) is 11.5 Å². The molecule has 10 heteroatoms. The van der Waals surface area contributed by atoms with Gasteiger partial charge in [-0.15, -0.1) is 11.8 Å². The molecular formula is C18H18N4O4S2. The van der Waals surface area contributed by atoms with Crippen molar-refractivity contribution in [3.05, 3.63) is 46.2 Å². The van der Waals surface area contributed by atoms with Crippen molar-refractivity contribution < 1.29 is 14.3 Å². The lowest BCUT2D eigenvalue weighted by molar-refractivity contribution is -0.139. The summed E-state index contributed by atoms with van der Waals surface area (Å²) < 4.78 is 6.32. The van der Waals surface area contributed by atoms with E-state index in [1.54, 1.807) is 37.4 Å². The van der Waals surface area contributed by atoms with Crippen molar-refractivity contribution in [3.8, 4) is 5.69 Å². The van der Waals surface area contributed by atoms with E-state index in [1.165, 1.54) is 16.3 Å². The van der Waals surface area contributed by atoms with Crippen molar-refractivity contribution in [1.82, 2.24) is 14.5 Å². The number of nitrogens with zero attached hydrogens (tertiary/aromatic N) is 2. The Kier molecular flexibility index (Phi) is 6.10. The van der Waals surface area contributed by atoms with E-state index in [1.807, 2.05) is 6.07 Å². The maximum Gasteiger partial charge on any atom is 0.316 e. The summed E-state index contributed by atoms with van der Waals surface area (Å²) in [5.41, 5.74) is 6.01. The zero-order valence-corrected chi connectivity index (χ0v) is 16.9. The van der Waals surface area contributed by atoms with Crippen molar-refractivity contribution in [2.24, 2.45) is 5.73 Å². The smallest absolute Gasteiger partial charge is 0.316 e. The number of para-hydroxylation sites is 1. The van der Waals surface area contributed by atoms with Crippen LogP contribution in [0.4, 0.5) is 0 Å². The molecule has 3 rings (SSSR count). The number of aromatic nitrogens is 3. The van der Waals surface area contributed by atoms with Crippen LogP contribution < -0.4 is 11.3 Å². The highest BCUT2D eigenvalue weighted by Gasteiger charge is 2.23. The van der Waals surface area contributed by atoms with Gasteiger partial charge >= 0.3 is 5.97 Å². The van der Waals surface area contributed by atoms with Gasteiger partial charge in [-0.05, 0) is 25.3 Å². The third-order valence-electron chi connectivity index (χ3n) is 3.85. The van der Waals surface area contributed by atoms with Gasteiger partial charge in [-0.1, -0.05) is 30.0 Å². The molecule has 1 amide bonds. The molecule has 2 aromatic heterocycles. The summed E-state index contributed by atoms with van der Waals surface area (Å²) in [5, 5.41) is 0.905. The molecule has 28 heavy (non-hydrogen) atoms. The fourth-order valence-electron chi connectivity index (χ4n) is 2.72. The number of hydrogen-bond donors (Lipinski definition) is 2. The second-order valence-corrected chi connectivity index (χ2v) is 7.34. The van der Waals surface area contributed by atoms with Gasteiger partial charge in [0.15, 0.2) is 5.16 Å². The third kappa shape index (κ3) is 3.78. The first-order chi connectivity index (χ1) is 13.5. The predicted molar refractivity (Wildman–Crippen MR) is 109 cm³/mol. The molecule has 0 aliphatic carbocycles. The molecule has 0 saturated heterocycles. The van der Waals surface area contributed by atoms with Crippen LogP contribution in [0.1, 0.15) is 17.3 Å². The number of nitrogens with two attached hydrogens (primary N) is 1. The predicted octanol–water partition coefficient (Wildman–Crippen LogP) is 2.19. The molecule has 3 aromatic rings. The van der Waals surface area contributed by atoms with Crippen LogP contribution in [0.5, 0.6) is 0 Å². The summed E-state index contributed by atoms with van der Waals surface area (Å²) in [6.07, 6.45) is 1.77. The van der Waals surface area contributed by atoms with Gasteiger partial charge in [0.05, 0.1) is 34.0 Å². The van der Waals surface area contributed by atoms with Crippen LogP contribution in [-0.4, -0.2) is 45.0 Å². The fourth-order valence-corrected chi connectivity index (χ4v) is 4.13. The van der Waals surface area contributed by atoms with E-state index in [2.05, 4.69) is 9.97 Å². The summed E-state index contributed by atoms with van der Waals surface area (Å²) in [6.45, 7) is 1.99. The lowest BCUT2D eigenvalue weighted by Gasteiger charge is -2.12. The largest absolute Gasteiger partial charge is 0.465 e. The molecule has 2 heterocycles. The molecule has 3 N–H and O–H groups in total. The average molecular weight is 419 g/mol. The van der Waals surface area contributed by atoms with Gasteiger partial charge in [-0.25, -0.2) is 4.98 Å². The van der Waals surface area contributed by atoms with Gasteiger partial charge in [0.2, 0.25) is 0 Å². The number of carbonyl (C=O) groups excluding carboxylic acids is 2. The molecule has 0 aliphatic heterocycles. The van der Waals surface area contributed by atoms with Gasteiger partial charge in [-0.2, -0.15) is 0 Å². The number of aromatic amines is 1. The number of esters is 1. The van der Waals surface area contributed by atoms with Crippen molar-refractivity contribution >= 4 is 46.4 Å². The molecule has 1 aromatic carbocycles. The summed E-state index contributed by atoms with van der Waals surface area (Å²) in [6, 6.07) is 8.88. The molecule has 0 saturated carbocycles. The topological polar surface area (TPSA) is 120 Å². The van der Waals surface area contributed by atoms with Crippen molar-refractivity contribution in [2.45, 2.75) is 17.1 Å². The van der Waals surface area contributed by atoms with E-state index < -0.39 is 17.4 Å². The number of thioether (sulfide) groups is 2. The van der Waals surface area contributed by atoms with Crippen LogP contribution >= 0.6 is 23.5 Å². The molecule has 0 bridgehead atoms. The minimum Gasteiger partial charge on any atom is -0.465 e. The van der Waals surface area contributed by atoms with E-state index in [0.717, 1.165) is 11.8 Å². The van der Waals surface area contributed by atoms with Crippen LogP contribution in [0.25, 0.3) is 16.7 Å². The molecule has 0 unspecified atom stereocenters. The lowest BCUT2D eigenvalue weighted by Crippen LogP contribution is -2.24. The summed E-state index contributed by atoms with van der Waals surface area (Å²) in [7, 11) is 0. The Morgan fingerprint density at radius 1 is 1.29 bits per heavy atom. The number of amides is 1. The van der Waals surface area contributed by atoms with Crippen LogP contribution in [0.3, 0.4) is 0 Å². The first kappa shape index (κ1) is 20.0. The number of H-pyrrole nitrogens is 1. The van der Waals surface area contributed by atoms with Crippen LogP contribution in [-0.2, 0) is 9.53 Å². The normalized spacial score (nSPS) is 10.9. The van der Waals surface area contributed by atoms with Crippen molar-refractivity contribution in [3.63, 3.8) is 0 Å². The van der Waals surface area contributed by atoms with Crippen molar-refractivity contribution in [2.75, 3.05) is 18.6 Å². The Balaban J connectivity index is 2.25. The maximum absolute atomic E-state index is 13.3. The molecule has 0 spiro atoms. The Bertz CT molecular complexity index is 1090. The third-order valence-corrected chi connectivity index (χ3v) is 5.48. The van der Waals surface area contributed by atoms with E-state index >= 15 is 0 Å². The monoisotopic (exact) mass is 418 g/mol. The van der Waals surface area contributed by atoms with Gasteiger partial charge < -0.3 is 15.5 Å². The molecule has 0 aliphatic rings. The zero-order chi connectivity index (χ0) is 20.3. The highest BCUT2D eigenvalue weighted by atomic mass is 32.2. The van der Waals surface area contributed by atoms with Gasteiger partial charge in [0.1, 0.15) is 5.65 Å². The number of fused-ring (bicyclic) bond motifs is 1. The first-order valence-electron chi connectivity index (χ1n) is 8.34. The quantitative estimate of drug-likeness (QED) is 0.343. The number of ether oxygens (including phenoxy) is 1. The summed E-state index contributed by atoms with van der Waals surface area (Å²) in [4.78, 5) is 44.6. The van der Waals surface area contributed by atoms with E-state index in [-0.39, 0.29) is 29.0 Å². The summed E-state index contributed by atoms with van der Waals surface area (Å²) in [5.74, 6) is -1.12. The van der Waals surface area contributed by atoms with E-state index in [4.69, 9.17) is 10.5 Å². The number of nitrogens with one attached hydrogen (secondary N) is 1. The number of hydrogen-bond acceptors (Lipinski definition) is 7. The number of primary amides is 1. The van der Waals surface area contributed by atoms with E-state index in [9.17, 15) is 14.4 Å². The van der Waals surface area contributed by atoms with Crippen LogP contribution in [0.15, 0.2) is 45.3 Å². The minimum absolute atomic E-state index is 0.00259. The highest BCUT2D eigenvalue weighted by Crippen LogP contribution is 2.28. The first-order valence-corrected chi connectivity index (χ1v) is 10.5. The minimum atomic E-state index is -0.707. The van der Waals surface area contributed by atoms with Gasteiger partial charge in [0, 0.05) is 0 Å². The molecular weight excluding hydrogens is 400 g/mol. The maximum atomic E-state index is 13.3. The molecule has 0 atom stereocenters. The number of carbonyl (C=O) groups is 2. The van der Waals surface area contributed by atoms with Crippen LogP contribution in [0.2, 0.25) is 0 Å². The van der Waals surface area contributed by atoms with E-state index in [0.29, 0.717) is 15.9 Å². The Morgan fingerprint density at radius 2 is 2.00 bits per heavy atom. The highest BCUT2D eigenvalue weighted by molar-refractivity contribution is 7.99. The van der Waals surface area contributed by atoms with Gasteiger partial charge in [-0.3, -0.25) is 19.0 Å². The summed E-state index contributed by atoms with van der Waals surface area (Å²) >= 11 is 2.35. The zero-order valence-electron chi connectivity index (χ0n) is 15.2. The SMILES string of the molecule is CCOC(=O)CSc1nc2[nH]c(SC)c(C(N)=O)c2c(=O)n1-c1ccccc1. The fraction of sp³-hybridized carbons (Fsp3) is 0.222. The lowest BCUT2D eigenvalue weighted by atomic mass is 10.2. The Morgan fingerprint density at radius 3 is 2.61 bits per heavy atom. The molecule has 8 nitrogen and oxygen atoms in total. The Labute approximate surface area is 168 Å². The van der Waals surface area contributed by atoms with Crippen molar-refractivity contribution in [1.29, 1.82) is 0 Å².